The van der Waals surface area contributed by atoms with Crippen LogP contribution in [-0.4, -0.2) is 16.3 Å². The van der Waals surface area contributed by atoms with Gasteiger partial charge in [-0.25, -0.2) is 0 Å². The molecule has 0 radical (unpaired) electrons. The summed E-state index contributed by atoms with van der Waals surface area (Å²) in [5.41, 5.74) is 1.71. The van der Waals surface area contributed by atoms with Crippen LogP contribution in [0.15, 0.2) is 18.2 Å². The van der Waals surface area contributed by atoms with Crippen LogP contribution in [0.4, 0.5) is 5.69 Å². The average Bonchev–Trinajstić information content (AvgIpc) is 2.06. The Bertz CT molecular complexity index is 325. The summed E-state index contributed by atoms with van der Waals surface area (Å²) in [6.07, 6.45) is 0.231. The minimum Gasteiger partial charge on any atom is -0.508 e. The van der Waals surface area contributed by atoms with E-state index in [2.05, 4.69) is 5.32 Å². The fourth-order valence-corrected chi connectivity index (χ4v) is 1.74. The van der Waals surface area contributed by atoms with Crippen molar-refractivity contribution < 1.29 is 10.2 Å². The molecule has 0 bridgehead atoms. The van der Waals surface area contributed by atoms with Gasteiger partial charge in [-0.1, -0.05) is 0 Å². The summed E-state index contributed by atoms with van der Waals surface area (Å²) in [5, 5.41) is 22.2. The van der Waals surface area contributed by atoms with Crippen molar-refractivity contribution in [3.05, 3.63) is 23.8 Å². The highest BCUT2D eigenvalue weighted by molar-refractivity contribution is 5.57. The summed E-state index contributed by atoms with van der Waals surface area (Å²) < 4.78 is 0. The molecule has 1 heterocycles. The smallest absolute Gasteiger partial charge is 0.116 e. The zero-order chi connectivity index (χ0) is 9.42. The first kappa shape index (κ1) is 8.38. The van der Waals surface area contributed by atoms with E-state index in [0.29, 0.717) is 6.42 Å². The van der Waals surface area contributed by atoms with Gasteiger partial charge in [-0.2, -0.15) is 0 Å². The molecule has 13 heavy (non-hydrogen) atoms. The largest absolute Gasteiger partial charge is 0.508 e. The molecule has 2 unspecified atom stereocenters. The lowest BCUT2D eigenvalue weighted by Crippen LogP contribution is -2.24. The van der Waals surface area contributed by atoms with Crippen LogP contribution in [0.5, 0.6) is 5.75 Å². The Kier molecular flexibility index (Phi) is 1.88. The lowest BCUT2D eigenvalue weighted by Gasteiger charge is -2.28. The van der Waals surface area contributed by atoms with Gasteiger partial charge in [-0.05, 0) is 31.5 Å². The van der Waals surface area contributed by atoms with E-state index in [1.165, 1.54) is 0 Å². The first-order valence-corrected chi connectivity index (χ1v) is 4.44. The van der Waals surface area contributed by atoms with E-state index in [4.69, 9.17) is 0 Å². The normalized spacial score (nSPS) is 26.3. The van der Waals surface area contributed by atoms with E-state index < -0.39 is 6.10 Å². The second-order valence-corrected chi connectivity index (χ2v) is 3.57. The summed E-state index contributed by atoms with van der Waals surface area (Å²) in [6, 6.07) is 5.31. The number of hydrogen-bond acceptors (Lipinski definition) is 3. The predicted octanol–water partition coefficient (Wildman–Crippen LogP) is 1.63. The number of phenolic OH excluding ortho intramolecular Hbond substituents is 1. The zero-order valence-electron chi connectivity index (χ0n) is 7.49. The van der Waals surface area contributed by atoms with Gasteiger partial charge in [0.05, 0.1) is 6.10 Å². The number of hydrogen-bond donors (Lipinski definition) is 3. The number of fused-ring (bicyclic) bond motifs is 1. The third kappa shape index (κ3) is 1.47. The Balaban J connectivity index is 2.43. The summed E-state index contributed by atoms with van der Waals surface area (Å²) in [5.74, 6) is 0.203. The van der Waals surface area contributed by atoms with Crippen molar-refractivity contribution in [2.24, 2.45) is 0 Å². The summed E-state index contributed by atoms with van der Waals surface area (Å²) in [6.45, 7) is 2.03. The molecule has 1 aromatic carbocycles. The van der Waals surface area contributed by atoms with Crippen LogP contribution >= 0.6 is 0 Å². The number of aliphatic hydroxyl groups excluding tert-OH is 1. The first-order valence-electron chi connectivity index (χ1n) is 4.44. The van der Waals surface area contributed by atoms with E-state index >= 15 is 0 Å². The molecule has 0 saturated carbocycles. The molecule has 1 aliphatic heterocycles. The predicted molar refractivity (Wildman–Crippen MR) is 50.8 cm³/mol. The Morgan fingerprint density at radius 3 is 3.00 bits per heavy atom. The van der Waals surface area contributed by atoms with Crippen molar-refractivity contribution in [2.75, 3.05) is 5.32 Å². The van der Waals surface area contributed by atoms with Crippen molar-refractivity contribution in [1.82, 2.24) is 0 Å². The molecule has 0 spiro atoms. The van der Waals surface area contributed by atoms with Crippen LogP contribution < -0.4 is 5.32 Å². The highest BCUT2D eigenvalue weighted by Crippen LogP contribution is 2.34. The molecule has 3 N–H and O–H groups in total. The second kappa shape index (κ2) is 2.92. The molecule has 70 valence electrons. The molecule has 0 saturated heterocycles. The van der Waals surface area contributed by atoms with Crippen LogP contribution in [0.25, 0.3) is 0 Å². The van der Waals surface area contributed by atoms with Crippen LogP contribution in [0.2, 0.25) is 0 Å². The van der Waals surface area contributed by atoms with Crippen molar-refractivity contribution in [2.45, 2.75) is 25.5 Å². The van der Waals surface area contributed by atoms with Crippen LogP contribution in [0.3, 0.4) is 0 Å². The SMILES string of the molecule is CC1CC(O)c2cc(O)ccc2N1. The molecule has 2 rings (SSSR count). The maximum Gasteiger partial charge on any atom is 0.116 e. The molecule has 3 nitrogen and oxygen atoms in total. The quantitative estimate of drug-likeness (QED) is 0.530. The van der Waals surface area contributed by atoms with E-state index in [0.717, 1.165) is 11.3 Å². The van der Waals surface area contributed by atoms with Crippen molar-refractivity contribution in [3.63, 3.8) is 0 Å². The fraction of sp³-hybridized carbons (Fsp3) is 0.400. The van der Waals surface area contributed by atoms with Crippen LogP contribution in [-0.2, 0) is 0 Å². The number of anilines is 1. The monoisotopic (exact) mass is 179 g/mol. The van der Waals surface area contributed by atoms with Crippen LogP contribution in [0.1, 0.15) is 25.0 Å². The van der Waals surface area contributed by atoms with Gasteiger partial charge in [0.2, 0.25) is 0 Å². The lowest BCUT2D eigenvalue weighted by atomic mass is 9.96. The first-order chi connectivity index (χ1) is 6.16. The van der Waals surface area contributed by atoms with Gasteiger partial charge in [0.1, 0.15) is 5.75 Å². The van der Waals surface area contributed by atoms with Gasteiger partial charge in [-0.3, -0.25) is 0 Å². The third-order valence-electron chi connectivity index (χ3n) is 2.37. The fourth-order valence-electron chi connectivity index (χ4n) is 1.74. The van der Waals surface area contributed by atoms with Crippen molar-refractivity contribution in [1.29, 1.82) is 0 Å². The molecule has 1 aliphatic rings. The zero-order valence-corrected chi connectivity index (χ0v) is 7.49. The molecule has 0 amide bonds. The number of rotatable bonds is 0. The Morgan fingerprint density at radius 2 is 2.23 bits per heavy atom. The maximum atomic E-state index is 9.71. The number of phenols is 1. The summed E-state index contributed by atoms with van der Waals surface area (Å²) >= 11 is 0. The number of aromatic hydroxyl groups is 1. The Morgan fingerprint density at radius 1 is 1.46 bits per heavy atom. The van der Waals surface area contributed by atoms with Crippen molar-refractivity contribution >= 4 is 5.69 Å². The summed E-state index contributed by atoms with van der Waals surface area (Å²) in [7, 11) is 0. The minimum atomic E-state index is -0.460. The molecule has 0 aliphatic carbocycles. The number of benzene rings is 1. The van der Waals surface area contributed by atoms with Gasteiger partial charge in [-0.15, -0.1) is 0 Å². The number of nitrogens with one attached hydrogen (secondary N) is 1. The Labute approximate surface area is 77.0 Å². The molecular formula is C10H13NO2. The third-order valence-corrected chi connectivity index (χ3v) is 2.37. The van der Waals surface area contributed by atoms with E-state index in [1.807, 2.05) is 6.92 Å². The molecule has 0 aromatic heterocycles. The van der Waals surface area contributed by atoms with E-state index in [-0.39, 0.29) is 11.8 Å². The highest BCUT2D eigenvalue weighted by Gasteiger charge is 2.22. The molecule has 1 aromatic rings. The lowest BCUT2D eigenvalue weighted by molar-refractivity contribution is 0.158. The Hall–Kier alpha value is -1.22. The number of aliphatic hydroxyl groups is 1. The maximum absolute atomic E-state index is 9.71. The van der Waals surface area contributed by atoms with Gasteiger partial charge in [0.25, 0.3) is 0 Å². The van der Waals surface area contributed by atoms with Gasteiger partial charge >= 0.3 is 0 Å². The van der Waals surface area contributed by atoms with Crippen molar-refractivity contribution in [3.8, 4) is 5.75 Å². The molecule has 3 heteroatoms. The molecule has 0 fully saturated rings. The van der Waals surface area contributed by atoms with E-state index in [9.17, 15) is 10.2 Å². The van der Waals surface area contributed by atoms with E-state index in [1.54, 1.807) is 18.2 Å². The highest BCUT2D eigenvalue weighted by atomic mass is 16.3. The van der Waals surface area contributed by atoms with Gasteiger partial charge < -0.3 is 15.5 Å². The topological polar surface area (TPSA) is 52.5 Å². The van der Waals surface area contributed by atoms with Gasteiger partial charge in [0, 0.05) is 17.3 Å². The molecule has 2 atom stereocenters. The summed E-state index contributed by atoms with van der Waals surface area (Å²) in [4.78, 5) is 0. The standard InChI is InChI=1S/C10H13NO2/c1-6-4-10(13)8-5-7(12)2-3-9(8)11-6/h2-3,5-6,10-13H,4H2,1H3. The van der Waals surface area contributed by atoms with Gasteiger partial charge in [0.15, 0.2) is 0 Å². The van der Waals surface area contributed by atoms with Crippen LogP contribution in [0, 0.1) is 0 Å². The average molecular weight is 179 g/mol. The molecular weight excluding hydrogens is 166 g/mol. The minimum absolute atomic E-state index is 0.203. The second-order valence-electron chi connectivity index (χ2n) is 3.57.